The topological polar surface area (TPSA) is 21.7 Å². The van der Waals surface area contributed by atoms with Crippen molar-refractivity contribution in [1.29, 1.82) is 0 Å². The van der Waals surface area contributed by atoms with Gasteiger partial charge in [0.25, 0.3) is 0 Å². The van der Waals surface area contributed by atoms with Crippen LogP contribution in [0.25, 0.3) is 10.8 Å². The molecule has 4 rings (SSSR count). The molecule has 1 saturated heterocycles. The van der Waals surface area contributed by atoms with Gasteiger partial charge in [-0.05, 0) is 47.9 Å². The molecule has 0 amide bonds. The van der Waals surface area contributed by atoms with Crippen molar-refractivity contribution in [3.63, 3.8) is 0 Å². The zero-order valence-corrected chi connectivity index (χ0v) is 15.2. The van der Waals surface area contributed by atoms with Crippen LogP contribution in [0.15, 0.2) is 66.7 Å². The van der Waals surface area contributed by atoms with E-state index in [1.165, 1.54) is 29.2 Å². The van der Waals surface area contributed by atoms with Crippen LogP contribution >= 0.6 is 0 Å². The Morgan fingerprint density at radius 3 is 2.69 bits per heavy atom. The summed E-state index contributed by atoms with van der Waals surface area (Å²) < 4.78 is 11.3. The second kappa shape index (κ2) is 7.79. The summed E-state index contributed by atoms with van der Waals surface area (Å²) in [6, 6.07) is 23.5. The number of ether oxygens (including phenoxy) is 2. The normalized spacial score (nSPS) is 17.5. The molecule has 0 aromatic heterocycles. The van der Waals surface area contributed by atoms with E-state index in [1.54, 1.807) is 7.11 Å². The molecule has 1 atom stereocenters. The molecule has 1 fully saturated rings. The van der Waals surface area contributed by atoms with Gasteiger partial charge in [0.1, 0.15) is 18.1 Å². The van der Waals surface area contributed by atoms with Crippen molar-refractivity contribution < 1.29 is 9.47 Å². The maximum atomic E-state index is 6.07. The van der Waals surface area contributed by atoms with Crippen LogP contribution in [0.5, 0.6) is 11.5 Å². The van der Waals surface area contributed by atoms with Crippen molar-refractivity contribution >= 4 is 10.8 Å². The largest absolute Gasteiger partial charge is 0.497 e. The quantitative estimate of drug-likeness (QED) is 0.633. The molecule has 1 aliphatic heterocycles. The number of methoxy groups -OCH3 is 1. The maximum absolute atomic E-state index is 6.07. The van der Waals surface area contributed by atoms with Gasteiger partial charge in [-0.2, -0.15) is 0 Å². The molecule has 0 N–H and O–H groups in total. The first-order valence-electron chi connectivity index (χ1n) is 9.31. The molecule has 1 heterocycles. The molecule has 3 aromatic rings. The first-order chi connectivity index (χ1) is 12.8. The zero-order valence-electron chi connectivity index (χ0n) is 15.2. The number of hydrogen-bond donors (Lipinski definition) is 0. The fourth-order valence-corrected chi connectivity index (χ4v) is 3.82. The highest BCUT2D eigenvalue weighted by molar-refractivity contribution is 5.85. The molecule has 1 aliphatic rings. The minimum absolute atomic E-state index is 0.458. The molecule has 3 nitrogen and oxygen atoms in total. The summed E-state index contributed by atoms with van der Waals surface area (Å²) in [5, 5.41) is 2.67. The number of benzene rings is 3. The molecular weight excluding hydrogens is 322 g/mol. The van der Waals surface area contributed by atoms with Gasteiger partial charge in [0.2, 0.25) is 0 Å². The Kier molecular flexibility index (Phi) is 5.07. The van der Waals surface area contributed by atoms with Crippen molar-refractivity contribution in [2.45, 2.75) is 25.4 Å². The molecular formula is C23H25NO2. The fraction of sp³-hybridized carbons (Fsp3) is 0.304. The lowest BCUT2D eigenvalue weighted by Gasteiger charge is -2.25. The lowest BCUT2D eigenvalue weighted by Crippen LogP contribution is -2.33. The average molecular weight is 347 g/mol. The number of hydrogen-bond acceptors (Lipinski definition) is 3. The fourth-order valence-electron chi connectivity index (χ4n) is 3.82. The van der Waals surface area contributed by atoms with Crippen LogP contribution in [0.4, 0.5) is 0 Å². The molecule has 3 heteroatoms. The Hall–Kier alpha value is -2.52. The van der Waals surface area contributed by atoms with E-state index in [0.29, 0.717) is 6.04 Å². The maximum Gasteiger partial charge on any atom is 0.123 e. The number of nitrogens with zero attached hydrogens (tertiary/aromatic N) is 1. The number of fused-ring (bicyclic) bond motifs is 1. The SMILES string of the molecule is COc1cccc(OC[C@@H]2CCCN2Cc2cccc3ccccc23)c1. The summed E-state index contributed by atoms with van der Waals surface area (Å²) in [4.78, 5) is 2.56. The van der Waals surface area contributed by atoms with Crippen molar-refractivity contribution in [2.24, 2.45) is 0 Å². The van der Waals surface area contributed by atoms with E-state index >= 15 is 0 Å². The number of likely N-dealkylation sites (tertiary alicyclic amines) is 1. The zero-order chi connectivity index (χ0) is 17.8. The van der Waals surface area contributed by atoms with Gasteiger partial charge in [0.15, 0.2) is 0 Å². The first-order valence-corrected chi connectivity index (χ1v) is 9.31. The van der Waals surface area contributed by atoms with Crippen molar-refractivity contribution in [3.05, 3.63) is 72.3 Å². The summed E-state index contributed by atoms with van der Waals surface area (Å²) in [7, 11) is 1.68. The summed E-state index contributed by atoms with van der Waals surface area (Å²) in [6.07, 6.45) is 2.42. The molecule has 0 bridgehead atoms. The predicted octanol–water partition coefficient (Wildman–Crippen LogP) is 4.89. The van der Waals surface area contributed by atoms with E-state index in [9.17, 15) is 0 Å². The summed E-state index contributed by atoms with van der Waals surface area (Å²) in [5.74, 6) is 1.71. The second-order valence-corrected chi connectivity index (χ2v) is 6.89. The Balaban J connectivity index is 1.44. The van der Waals surface area contributed by atoms with Crippen LogP contribution in [0.1, 0.15) is 18.4 Å². The van der Waals surface area contributed by atoms with E-state index in [1.807, 2.05) is 24.3 Å². The van der Waals surface area contributed by atoms with E-state index < -0.39 is 0 Å². The molecule has 26 heavy (non-hydrogen) atoms. The van der Waals surface area contributed by atoms with Gasteiger partial charge >= 0.3 is 0 Å². The van der Waals surface area contributed by atoms with Crippen LogP contribution in [-0.2, 0) is 6.54 Å². The Bertz CT molecular complexity index is 871. The summed E-state index contributed by atoms with van der Waals surface area (Å²) in [5.41, 5.74) is 1.40. The van der Waals surface area contributed by atoms with Crippen LogP contribution in [0.2, 0.25) is 0 Å². The average Bonchev–Trinajstić information content (AvgIpc) is 3.14. The van der Waals surface area contributed by atoms with Crippen LogP contribution < -0.4 is 9.47 Å². The molecule has 0 spiro atoms. The monoisotopic (exact) mass is 347 g/mol. The van der Waals surface area contributed by atoms with Gasteiger partial charge in [-0.1, -0.05) is 48.5 Å². The summed E-state index contributed by atoms with van der Waals surface area (Å²) in [6.45, 7) is 2.83. The van der Waals surface area contributed by atoms with E-state index in [4.69, 9.17) is 9.47 Å². The van der Waals surface area contributed by atoms with E-state index in [2.05, 4.69) is 47.4 Å². The van der Waals surface area contributed by atoms with Gasteiger partial charge in [0, 0.05) is 18.7 Å². The molecule has 134 valence electrons. The smallest absolute Gasteiger partial charge is 0.123 e. The van der Waals surface area contributed by atoms with Crippen molar-refractivity contribution in [3.8, 4) is 11.5 Å². The van der Waals surface area contributed by atoms with Crippen molar-refractivity contribution in [2.75, 3.05) is 20.3 Å². The standard InChI is InChI=1S/C23H25NO2/c1-25-21-11-5-12-22(15-21)26-17-20-10-6-14-24(20)16-19-9-4-8-18-7-2-3-13-23(18)19/h2-5,7-9,11-13,15,20H,6,10,14,16-17H2,1H3/t20-/m0/s1. The van der Waals surface area contributed by atoms with Crippen LogP contribution in [0.3, 0.4) is 0 Å². The highest BCUT2D eigenvalue weighted by atomic mass is 16.5. The molecule has 0 radical (unpaired) electrons. The summed E-state index contributed by atoms with van der Waals surface area (Å²) >= 11 is 0. The van der Waals surface area contributed by atoms with Gasteiger partial charge in [0.05, 0.1) is 7.11 Å². The third kappa shape index (κ3) is 3.68. The van der Waals surface area contributed by atoms with Gasteiger partial charge in [-0.3, -0.25) is 4.90 Å². The lowest BCUT2D eigenvalue weighted by atomic mass is 10.0. The highest BCUT2D eigenvalue weighted by Crippen LogP contribution is 2.26. The predicted molar refractivity (Wildman–Crippen MR) is 106 cm³/mol. The van der Waals surface area contributed by atoms with Crippen LogP contribution in [-0.4, -0.2) is 31.2 Å². The van der Waals surface area contributed by atoms with E-state index in [0.717, 1.165) is 31.2 Å². The Labute approximate surface area is 155 Å². The molecule has 0 unspecified atom stereocenters. The highest BCUT2D eigenvalue weighted by Gasteiger charge is 2.25. The lowest BCUT2D eigenvalue weighted by molar-refractivity contribution is 0.167. The first kappa shape index (κ1) is 16.9. The third-order valence-electron chi connectivity index (χ3n) is 5.24. The number of rotatable bonds is 6. The van der Waals surface area contributed by atoms with Gasteiger partial charge < -0.3 is 9.47 Å². The minimum Gasteiger partial charge on any atom is -0.497 e. The molecule has 0 saturated carbocycles. The second-order valence-electron chi connectivity index (χ2n) is 6.89. The molecule has 3 aromatic carbocycles. The van der Waals surface area contributed by atoms with Gasteiger partial charge in [-0.15, -0.1) is 0 Å². The Morgan fingerprint density at radius 2 is 1.77 bits per heavy atom. The minimum atomic E-state index is 0.458. The van der Waals surface area contributed by atoms with Crippen molar-refractivity contribution in [1.82, 2.24) is 4.90 Å². The Morgan fingerprint density at radius 1 is 0.962 bits per heavy atom. The van der Waals surface area contributed by atoms with E-state index in [-0.39, 0.29) is 0 Å². The van der Waals surface area contributed by atoms with Crippen LogP contribution in [0, 0.1) is 0 Å². The van der Waals surface area contributed by atoms with Gasteiger partial charge in [-0.25, -0.2) is 0 Å². The third-order valence-corrected chi connectivity index (χ3v) is 5.24. The molecule has 0 aliphatic carbocycles.